The monoisotopic (exact) mass is 383 g/mol. The van der Waals surface area contributed by atoms with Gasteiger partial charge in [-0.05, 0) is 47.5 Å². The highest BCUT2D eigenvalue weighted by atomic mass is 16.5. The lowest BCUT2D eigenvalue weighted by atomic mass is 9.96. The second kappa shape index (κ2) is 7.43. The van der Waals surface area contributed by atoms with Crippen LogP contribution in [-0.4, -0.2) is 29.4 Å². The Balaban J connectivity index is 1.50. The summed E-state index contributed by atoms with van der Waals surface area (Å²) in [5, 5.41) is 0. The van der Waals surface area contributed by atoms with Gasteiger partial charge >= 0.3 is 0 Å². The van der Waals surface area contributed by atoms with E-state index in [0.29, 0.717) is 13.2 Å². The third-order valence-electron chi connectivity index (χ3n) is 5.27. The van der Waals surface area contributed by atoms with Gasteiger partial charge in [0.2, 0.25) is 0 Å². The van der Waals surface area contributed by atoms with Gasteiger partial charge in [-0.3, -0.25) is 14.9 Å². The standard InChI is InChI=1S/C24H21N3O2/c1-28-20-11-9-17(10-12-20)24-26-15-22-21-8-3-2-6-18(21)14-23(27(22)24)29-16-19-7-4-5-13-25-19/h2-14,22H,15-16H2,1H3. The SMILES string of the molecule is COc1ccc(C2=NCC3c4ccccc4C=C(OCc4ccccn4)N23)cc1. The summed E-state index contributed by atoms with van der Waals surface area (Å²) < 4.78 is 11.6. The Kier molecular flexibility index (Phi) is 4.48. The molecule has 144 valence electrons. The summed E-state index contributed by atoms with van der Waals surface area (Å²) in [5.74, 6) is 2.54. The highest BCUT2D eigenvalue weighted by Crippen LogP contribution is 2.39. The number of methoxy groups -OCH3 is 1. The summed E-state index contributed by atoms with van der Waals surface area (Å²) in [5.41, 5.74) is 4.38. The Bertz CT molecular complexity index is 1070. The largest absolute Gasteiger partial charge is 0.497 e. The summed E-state index contributed by atoms with van der Waals surface area (Å²) in [6.45, 7) is 1.11. The van der Waals surface area contributed by atoms with Gasteiger partial charge in [0.15, 0.2) is 5.88 Å². The highest BCUT2D eigenvalue weighted by Gasteiger charge is 2.37. The van der Waals surface area contributed by atoms with Gasteiger partial charge in [0, 0.05) is 17.8 Å². The quantitative estimate of drug-likeness (QED) is 0.654. The van der Waals surface area contributed by atoms with E-state index in [0.717, 1.165) is 28.7 Å². The van der Waals surface area contributed by atoms with Gasteiger partial charge in [-0.1, -0.05) is 30.3 Å². The number of ether oxygens (including phenoxy) is 2. The van der Waals surface area contributed by atoms with Crippen molar-refractivity contribution >= 4 is 11.9 Å². The summed E-state index contributed by atoms with van der Waals surface area (Å²) in [4.78, 5) is 11.5. The van der Waals surface area contributed by atoms with Crippen molar-refractivity contribution < 1.29 is 9.47 Å². The number of rotatable bonds is 5. The number of pyridine rings is 1. The first kappa shape index (κ1) is 17.5. The molecule has 0 amide bonds. The first-order valence-electron chi connectivity index (χ1n) is 9.65. The Hall–Kier alpha value is -3.60. The third-order valence-corrected chi connectivity index (χ3v) is 5.27. The van der Waals surface area contributed by atoms with Gasteiger partial charge in [0.1, 0.15) is 18.2 Å². The molecule has 5 nitrogen and oxygen atoms in total. The molecule has 1 atom stereocenters. The first-order chi connectivity index (χ1) is 14.3. The summed E-state index contributed by atoms with van der Waals surface area (Å²) in [6.07, 6.45) is 3.88. The van der Waals surface area contributed by atoms with E-state index in [-0.39, 0.29) is 6.04 Å². The average Bonchev–Trinajstić information content (AvgIpc) is 3.24. The topological polar surface area (TPSA) is 47.0 Å². The van der Waals surface area contributed by atoms with Gasteiger partial charge < -0.3 is 9.47 Å². The number of benzene rings is 2. The van der Waals surface area contributed by atoms with E-state index in [4.69, 9.17) is 14.5 Å². The van der Waals surface area contributed by atoms with Crippen LogP contribution in [0.3, 0.4) is 0 Å². The van der Waals surface area contributed by atoms with Gasteiger partial charge in [0.25, 0.3) is 0 Å². The van der Waals surface area contributed by atoms with E-state index in [1.165, 1.54) is 11.1 Å². The fraction of sp³-hybridized carbons (Fsp3) is 0.167. The van der Waals surface area contributed by atoms with E-state index < -0.39 is 0 Å². The van der Waals surface area contributed by atoms with Crippen molar-refractivity contribution in [1.82, 2.24) is 9.88 Å². The molecule has 2 aromatic carbocycles. The molecular weight excluding hydrogens is 362 g/mol. The lowest BCUT2D eigenvalue weighted by Crippen LogP contribution is -2.34. The van der Waals surface area contributed by atoms with Gasteiger partial charge in [-0.2, -0.15) is 0 Å². The van der Waals surface area contributed by atoms with E-state index in [9.17, 15) is 0 Å². The number of aliphatic imine (C=N–C) groups is 1. The molecule has 0 saturated heterocycles. The maximum absolute atomic E-state index is 6.26. The smallest absolute Gasteiger partial charge is 0.196 e. The van der Waals surface area contributed by atoms with Crippen molar-refractivity contribution in [1.29, 1.82) is 0 Å². The zero-order valence-corrected chi connectivity index (χ0v) is 16.2. The molecule has 5 heteroatoms. The molecule has 1 unspecified atom stereocenters. The average molecular weight is 383 g/mol. The molecule has 3 aromatic rings. The Labute approximate surface area is 170 Å². The fourth-order valence-corrected chi connectivity index (χ4v) is 3.84. The van der Waals surface area contributed by atoms with Crippen LogP contribution >= 0.6 is 0 Å². The van der Waals surface area contributed by atoms with Crippen molar-refractivity contribution in [3.05, 3.63) is 101 Å². The predicted octanol–water partition coefficient (Wildman–Crippen LogP) is 4.42. The first-order valence-corrected chi connectivity index (χ1v) is 9.65. The molecule has 0 N–H and O–H groups in total. The maximum Gasteiger partial charge on any atom is 0.196 e. The van der Waals surface area contributed by atoms with E-state index >= 15 is 0 Å². The van der Waals surface area contributed by atoms with Gasteiger partial charge in [-0.25, -0.2) is 0 Å². The van der Waals surface area contributed by atoms with Gasteiger partial charge in [-0.15, -0.1) is 0 Å². The lowest BCUT2D eigenvalue weighted by molar-refractivity contribution is 0.123. The number of aromatic nitrogens is 1. The van der Waals surface area contributed by atoms with Crippen molar-refractivity contribution in [3.63, 3.8) is 0 Å². The molecule has 5 rings (SSSR count). The Morgan fingerprint density at radius 1 is 1.00 bits per heavy atom. The summed E-state index contributed by atoms with van der Waals surface area (Å²) in [6, 6.07) is 22.4. The number of nitrogens with zero attached hydrogens (tertiary/aromatic N) is 3. The van der Waals surface area contributed by atoms with Crippen LogP contribution in [0, 0.1) is 0 Å². The molecule has 3 heterocycles. The highest BCUT2D eigenvalue weighted by molar-refractivity contribution is 6.02. The van der Waals surface area contributed by atoms with Crippen LogP contribution in [0.15, 0.2) is 83.8 Å². The lowest BCUT2D eigenvalue weighted by Gasteiger charge is -2.34. The summed E-state index contributed by atoms with van der Waals surface area (Å²) in [7, 11) is 1.67. The molecule has 0 spiro atoms. The second-order valence-corrected chi connectivity index (χ2v) is 7.00. The number of amidine groups is 1. The molecule has 0 radical (unpaired) electrons. The molecule has 2 aliphatic rings. The van der Waals surface area contributed by atoms with Gasteiger partial charge in [0.05, 0.1) is 25.4 Å². The second-order valence-electron chi connectivity index (χ2n) is 7.00. The molecule has 1 aromatic heterocycles. The van der Waals surface area contributed by atoms with Crippen LogP contribution in [0.25, 0.3) is 6.08 Å². The van der Waals surface area contributed by atoms with Crippen molar-refractivity contribution in [2.45, 2.75) is 12.6 Å². The summed E-state index contributed by atoms with van der Waals surface area (Å²) >= 11 is 0. The van der Waals surface area contributed by atoms with Crippen molar-refractivity contribution in [2.24, 2.45) is 4.99 Å². The normalized spacial score (nSPS) is 17.1. The third kappa shape index (κ3) is 3.25. The zero-order valence-electron chi connectivity index (χ0n) is 16.2. The van der Waals surface area contributed by atoms with Crippen LogP contribution in [0.5, 0.6) is 5.75 Å². The fourth-order valence-electron chi connectivity index (χ4n) is 3.84. The minimum absolute atomic E-state index is 0.132. The molecule has 0 saturated carbocycles. The van der Waals surface area contributed by atoms with Crippen LogP contribution in [0.4, 0.5) is 0 Å². The molecule has 0 aliphatic carbocycles. The molecule has 0 bridgehead atoms. The molecule has 0 fully saturated rings. The molecule has 2 aliphatic heterocycles. The van der Waals surface area contributed by atoms with E-state index in [1.54, 1.807) is 13.3 Å². The Morgan fingerprint density at radius 3 is 2.62 bits per heavy atom. The molecular formula is C24H21N3O2. The van der Waals surface area contributed by atoms with Crippen molar-refractivity contribution in [3.8, 4) is 5.75 Å². The number of fused-ring (bicyclic) bond motifs is 3. The predicted molar refractivity (Wildman–Crippen MR) is 112 cm³/mol. The van der Waals surface area contributed by atoms with Crippen LogP contribution < -0.4 is 4.74 Å². The molecule has 29 heavy (non-hydrogen) atoms. The Morgan fingerprint density at radius 2 is 1.83 bits per heavy atom. The van der Waals surface area contributed by atoms with E-state index in [2.05, 4.69) is 40.2 Å². The maximum atomic E-state index is 6.26. The number of hydrogen-bond donors (Lipinski definition) is 0. The zero-order chi connectivity index (χ0) is 19.6. The number of hydrogen-bond acceptors (Lipinski definition) is 5. The van der Waals surface area contributed by atoms with Crippen molar-refractivity contribution in [2.75, 3.05) is 13.7 Å². The minimum Gasteiger partial charge on any atom is -0.497 e. The minimum atomic E-state index is 0.132. The van der Waals surface area contributed by atoms with Crippen LogP contribution in [0.2, 0.25) is 0 Å². The van der Waals surface area contributed by atoms with E-state index in [1.807, 2.05) is 42.5 Å². The van der Waals surface area contributed by atoms with Crippen LogP contribution in [-0.2, 0) is 11.3 Å². The van der Waals surface area contributed by atoms with Crippen LogP contribution in [0.1, 0.15) is 28.4 Å².